The maximum absolute atomic E-state index is 10.6. The fraction of sp³-hybridized carbons (Fsp3) is 0.538. The van der Waals surface area contributed by atoms with Crippen LogP contribution in [0.15, 0.2) is 18.2 Å². The Morgan fingerprint density at radius 1 is 1.50 bits per heavy atom. The third-order valence-corrected chi connectivity index (χ3v) is 3.26. The number of hydrogen-bond donors (Lipinski definition) is 1. The van der Waals surface area contributed by atoms with Gasteiger partial charge in [-0.25, -0.2) is 0 Å². The highest BCUT2D eigenvalue weighted by Gasteiger charge is 2.21. The SMILES string of the molecule is Cc1cc([N+](=O)[O-])ccc1NCC1CCC(C)O1. The summed E-state index contributed by atoms with van der Waals surface area (Å²) in [5.74, 6) is 0. The van der Waals surface area contributed by atoms with Gasteiger partial charge in [-0.3, -0.25) is 10.1 Å². The zero-order valence-electron chi connectivity index (χ0n) is 10.7. The van der Waals surface area contributed by atoms with Crippen LogP contribution in [0.4, 0.5) is 11.4 Å². The van der Waals surface area contributed by atoms with Crippen molar-refractivity contribution in [1.29, 1.82) is 0 Å². The molecule has 0 spiro atoms. The fourth-order valence-corrected chi connectivity index (χ4v) is 2.22. The molecule has 1 aromatic rings. The normalized spacial score (nSPS) is 23.0. The molecule has 18 heavy (non-hydrogen) atoms. The summed E-state index contributed by atoms with van der Waals surface area (Å²) >= 11 is 0. The molecule has 0 amide bonds. The summed E-state index contributed by atoms with van der Waals surface area (Å²) in [6.07, 6.45) is 2.76. The van der Waals surface area contributed by atoms with Crippen LogP contribution in [0.5, 0.6) is 0 Å². The Hall–Kier alpha value is -1.62. The number of nitro benzene ring substituents is 1. The Balaban J connectivity index is 1.95. The van der Waals surface area contributed by atoms with E-state index >= 15 is 0 Å². The second-order valence-electron chi connectivity index (χ2n) is 4.78. The van der Waals surface area contributed by atoms with E-state index in [1.807, 2.05) is 6.92 Å². The summed E-state index contributed by atoms with van der Waals surface area (Å²) in [5.41, 5.74) is 1.95. The Morgan fingerprint density at radius 3 is 2.83 bits per heavy atom. The molecule has 5 heteroatoms. The lowest BCUT2D eigenvalue weighted by molar-refractivity contribution is -0.384. The van der Waals surface area contributed by atoms with Gasteiger partial charge in [0.15, 0.2) is 0 Å². The van der Waals surface area contributed by atoms with Gasteiger partial charge in [0.25, 0.3) is 5.69 Å². The molecule has 1 aliphatic rings. The standard InChI is InChI=1S/C13H18N2O3/c1-9-7-11(15(16)17)4-6-13(9)14-8-12-5-3-10(2)18-12/h4,6-7,10,12,14H,3,5,8H2,1-2H3. The number of nitrogens with zero attached hydrogens (tertiary/aromatic N) is 1. The van der Waals surface area contributed by atoms with E-state index < -0.39 is 0 Å². The van der Waals surface area contributed by atoms with Crippen molar-refractivity contribution in [2.75, 3.05) is 11.9 Å². The van der Waals surface area contributed by atoms with Crippen LogP contribution in [0.3, 0.4) is 0 Å². The molecule has 0 bridgehead atoms. The first-order chi connectivity index (χ1) is 8.56. The van der Waals surface area contributed by atoms with E-state index in [4.69, 9.17) is 4.74 Å². The molecule has 5 nitrogen and oxygen atoms in total. The molecule has 1 N–H and O–H groups in total. The summed E-state index contributed by atoms with van der Waals surface area (Å²) in [6, 6.07) is 4.86. The molecule has 1 aromatic carbocycles. The third-order valence-electron chi connectivity index (χ3n) is 3.26. The maximum Gasteiger partial charge on any atom is 0.269 e. The predicted octanol–water partition coefficient (Wildman–Crippen LogP) is 2.88. The number of nitrogens with one attached hydrogen (secondary N) is 1. The number of non-ortho nitro benzene ring substituents is 1. The molecule has 2 atom stereocenters. The number of hydrogen-bond acceptors (Lipinski definition) is 4. The van der Waals surface area contributed by atoms with Crippen LogP contribution in [0.2, 0.25) is 0 Å². The minimum absolute atomic E-state index is 0.129. The molecule has 2 rings (SSSR count). The van der Waals surface area contributed by atoms with Crippen molar-refractivity contribution in [3.8, 4) is 0 Å². The minimum atomic E-state index is -0.376. The lowest BCUT2D eigenvalue weighted by Crippen LogP contribution is -2.20. The van der Waals surface area contributed by atoms with Crippen LogP contribution < -0.4 is 5.32 Å². The van der Waals surface area contributed by atoms with Crippen molar-refractivity contribution >= 4 is 11.4 Å². The molecule has 0 aromatic heterocycles. The lowest BCUT2D eigenvalue weighted by Gasteiger charge is -2.14. The van der Waals surface area contributed by atoms with Gasteiger partial charge in [0.1, 0.15) is 0 Å². The van der Waals surface area contributed by atoms with Gasteiger partial charge in [0.05, 0.1) is 17.1 Å². The van der Waals surface area contributed by atoms with Gasteiger partial charge in [-0.15, -0.1) is 0 Å². The van der Waals surface area contributed by atoms with E-state index in [-0.39, 0.29) is 16.7 Å². The number of aryl methyl sites for hydroxylation is 1. The van der Waals surface area contributed by atoms with E-state index in [2.05, 4.69) is 12.2 Å². The first-order valence-electron chi connectivity index (χ1n) is 6.20. The molecule has 2 unspecified atom stereocenters. The van der Waals surface area contributed by atoms with Gasteiger partial charge in [-0.05, 0) is 38.3 Å². The summed E-state index contributed by atoms with van der Waals surface area (Å²) in [5, 5.41) is 13.9. The number of nitro groups is 1. The molecule has 98 valence electrons. The summed E-state index contributed by atoms with van der Waals surface area (Å²) in [6.45, 7) is 4.70. The molecule has 1 saturated heterocycles. The van der Waals surface area contributed by atoms with Crippen molar-refractivity contribution in [2.45, 2.75) is 38.9 Å². The van der Waals surface area contributed by atoms with Crippen LogP contribution in [-0.4, -0.2) is 23.7 Å². The van der Waals surface area contributed by atoms with Crippen LogP contribution in [0.25, 0.3) is 0 Å². The van der Waals surface area contributed by atoms with Crippen molar-refractivity contribution in [2.24, 2.45) is 0 Å². The zero-order chi connectivity index (χ0) is 13.1. The second-order valence-corrected chi connectivity index (χ2v) is 4.78. The highest BCUT2D eigenvalue weighted by molar-refractivity contribution is 5.55. The van der Waals surface area contributed by atoms with E-state index in [9.17, 15) is 10.1 Å². The zero-order valence-corrected chi connectivity index (χ0v) is 10.7. The summed E-state index contributed by atoms with van der Waals surface area (Å²) < 4.78 is 5.71. The smallest absolute Gasteiger partial charge is 0.269 e. The molecule has 0 radical (unpaired) electrons. The van der Waals surface area contributed by atoms with Crippen LogP contribution >= 0.6 is 0 Å². The van der Waals surface area contributed by atoms with Crippen molar-refractivity contribution < 1.29 is 9.66 Å². The van der Waals surface area contributed by atoms with Crippen LogP contribution in [-0.2, 0) is 4.74 Å². The second kappa shape index (κ2) is 5.35. The quantitative estimate of drug-likeness (QED) is 0.659. The first kappa shape index (κ1) is 12.8. The average molecular weight is 250 g/mol. The highest BCUT2D eigenvalue weighted by Crippen LogP contribution is 2.23. The molecular weight excluding hydrogens is 232 g/mol. The molecule has 1 heterocycles. The van der Waals surface area contributed by atoms with Crippen molar-refractivity contribution in [3.63, 3.8) is 0 Å². The van der Waals surface area contributed by atoms with Gasteiger partial charge >= 0.3 is 0 Å². The van der Waals surface area contributed by atoms with Gasteiger partial charge in [-0.2, -0.15) is 0 Å². The van der Waals surface area contributed by atoms with E-state index in [0.29, 0.717) is 6.10 Å². The number of rotatable bonds is 4. The van der Waals surface area contributed by atoms with Crippen LogP contribution in [0, 0.1) is 17.0 Å². The van der Waals surface area contributed by atoms with Gasteiger partial charge in [0.2, 0.25) is 0 Å². The molecule has 1 aliphatic heterocycles. The lowest BCUT2D eigenvalue weighted by atomic mass is 10.1. The van der Waals surface area contributed by atoms with E-state index in [0.717, 1.165) is 30.6 Å². The number of ether oxygens (including phenoxy) is 1. The van der Waals surface area contributed by atoms with Gasteiger partial charge in [-0.1, -0.05) is 0 Å². The largest absolute Gasteiger partial charge is 0.382 e. The Kier molecular flexibility index (Phi) is 3.81. The monoisotopic (exact) mass is 250 g/mol. The molecule has 1 fully saturated rings. The van der Waals surface area contributed by atoms with Gasteiger partial charge in [0, 0.05) is 24.4 Å². The Labute approximate surface area is 106 Å². The number of anilines is 1. The van der Waals surface area contributed by atoms with Gasteiger partial charge < -0.3 is 10.1 Å². The fourth-order valence-electron chi connectivity index (χ4n) is 2.22. The Bertz CT molecular complexity index is 448. The third kappa shape index (κ3) is 2.98. The molecule has 0 saturated carbocycles. The van der Waals surface area contributed by atoms with Crippen molar-refractivity contribution in [3.05, 3.63) is 33.9 Å². The van der Waals surface area contributed by atoms with E-state index in [1.54, 1.807) is 12.1 Å². The maximum atomic E-state index is 10.6. The Morgan fingerprint density at radius 2 is 2.28 bits per heavy atom. The van der Waals surface area contributed by atoms with E-state index in [1.165, 1.54) is 6.07 Å². The van der Waals surface area contributed by atoms with Crippen LogP contribution in [0.1, 0.15) is 25.3 Å². The highest BCUT2D eigenvalue weighted by atomic mass is 16.6. The summed E-state index contributed by atoms with van der Waals surface area (Å²) in [4.78, 5) is 10.3. The molecule has 0 aliphatic carbocycles. The summed E-state index contributed by atoms with van der Waals surface area (Å²) in [7, 11) is 0. The first-order valence-corrected chi connectivity index (χ1v) is 6.20. The molecular formula is C13H18N2O3. The average Bonchev–Trinajstić information content (AvgIpc) is 2.73. The minimum Gasteiger partial charge on any atom is -0.382 e. The topological polar surface area (TPSA) is 64.4 Å². The number of benzene rings is 1. The predicted molar refractivity (Wildman–Crippen MR) is 69.9 cm³/mol. The van der Waals surface area contributed by atoms with Crippen molar-refractivity contribution in [1.82, 2.24) is 0 Å².